The number of amidine groups is 1. The van der Waals surface area contributed by atoms with E-state index < -0.39 is 0 Å². The zero-order valence-corrected chi connectivity index (χ0v) is 11.7. The molecular formula is C13H23N3S. The van der Waals surface area contributed by atoms with Crippen molar-refractivity contribution in [2.45, 2.75) is 42.9 Å². The van der Waals surface area contributed by atoms with E-state index in [1.54, 1.807) is 0 Å². The quantitative estimate of drug-likeness (QED) is 0.830. The van der Waals surface area contributed by atoms with Crippen LogP contribution in [-0.4, -0.2) is 48.0 Å². The van der Waals surface area contributed by atoms with Gasteiger partial charge in [-0.2, -0.15) is 0 Å². The van der Waals surface area contributed by atoms with Crippen LogP contribution in [0.1, 0.15) is 32.1 Å². The summed E-state index contributed by atoms with van der Waals surface area (Å²) in [6.07, 6.45) is 6.91. The molecule has 2 fully saturated rings. The molecule has 0 radical (unpaired) electrons. The molecule has 0 saturated heterocycles. The van der Waals surface area contributed by atoms with Crippen LogP contribution >= 0.6 is 11.8 Å². The molecule has 0 aromatic carbocycles. The topological polar surface area (TPSA) is 27.6 Å². The lowest BCUT2D eigenvalue weighted by molar-refractivity contribution is 0.0651. The van der Waals surface area contributed by atoms with Gasteiger partial charge in [0.25, 0.3) is 0 Å². The Labute approximate surface area is 108 Å². The van der Waals surface area contributed by atoms with Gasteiger partial charge in [-0.25, -0.2) is 0 Å². The Kier molecular flexibility index (Phi) is 3.11. The highest BCUT2D eigenvalue weighted by molar-refractivity contribution is 8.14. The monoisotopic (exact) mass is 253 g/mol. The molecule has 0 aromatic heterocycles. The predicted molar refractivity (Wildman–Crippen MR) is 74.7 cm³/mol. The molecule has 4 heteroatoms. The summed E-state index contributed by atoms with van der Waals surface area (Å²) in [5.41, 5.74) is 0.404. The smallest absolute Gasteiger partial charge is 0.156 e. The van der Waals surface area contributed by atoms with Gasteiger partial charge >= 0.3 is 0 Å². The molecule has 3 rings (SSSR count). The van der Waals surface area contributed by atoms with Crippen molar-refractivity contribution in [1.82, 2.24) is 10.2 Å². The summed E-state index contributed by atoms with van der Waals surface area (Å²) in [6.45, 7) is 2.12. The van der Waals surface area contributed by atoms with Crippen LogP contribution in [0.2, 0.25) is 0 Å². The molecule has 17 heavy (non-hydrogen) atoms. The highest BCUT2D eigenvalue weighted by Crippen LogP contribution is 2.42. The van der Waals surface area contributed by atoms with Gasteiger partial charge in [-0.1, -0.05) is 11.8 Å². The van der Waals surface area contributed by atoms with E-state index in [0.717, 1.165) is 24.3 Å². The Balaban J connectivity index is 1.48. The number of thioether (sulfide) groups is 1. The first-order valence-corrected chi connectivity index (χ1v) is 7.70. The van der Waals surface area contributed by atoms with Crippen LogP contribution in [-0.2, 0) is 0 Å². The third-order valence-electron chi connectivity index (χ3n) is 4.63. The van der Waals surface area contributed by atoms with Crippen molar-refractivity contribution in [2.24, 2.45) is 10.9 Å². The maximum atomic E-state index is 4.65. The lowest BCUT2D eigenvalue weighted by Gasteiger charge is -2.47. The minimum Gasteiger partial charge on any atom is -0.363 e. The molecule has 2 aliphatic carbocycles. The van der Waals surface area contributed by atoms with Crippen molar-refractivity contribution < 1.29 is 0 Å². The van der Waals surface area contributed by atoms with Gasteiger partial charge in [-0.15, -0.1) is 0 Å². The maximum Gasteiger partial charge on any atom is 0.156 e. The number of hydrogen-bond donors (Lipinski definition) is 1. The number of nitrogens with zero attached hydrogens (tertiary/aromatic N) is 2. The first kappa shape index (κ1) is 11.8. The Morgan fingerprint density at radius 2 is 2.18 bits per heavy atom. The second-order valence-corrected chi connectivity index (χ2v) is 7.19. The van der Waals surface area contributed by atoms with Gasteiger partial charge in [0.15, 0.2) is 5.17 Å². The average molecular weight is 253 g/mol. The van der Waals surface area contributed by atoms with Gasteiger partial charge in [-0.05, 0) is 52.1 Å². The lowest BCUT2D eigenvalue weighted by Crippen LogP contribution is -2.56. The molecule has 3 aliphatic rings. The summed E-state index contributed by atoms with van der Waals surface area (Å²) in [4.78, 5) is 7.04. The molecule has 3 nitrogen and oxygen atoms in total. The van der Waals surface area contributed by atoms with Gasteiger partial charge < -0.3 is 10.2 Å². The minimum atomic E-state index is 0.404. The zero-order valence-electron chi connectivity index (χ0n) is 10.9. The Morgan fingerprint density at radius 3 is 2.71 bits per heavy atom. The molecule has 0 bridgehead atoms. The Morgan fingerprint density at radius 1 is 1.41 bits per heavy atom. The standard InChI is InChI=1S/C13H23N3S/c1-16(2)13(6-3-7-13)9-15-12-14-8-11(17-12)10-4-5-10/h10-11H,3-9H2,1-2H3,(H,14,15). The van der Waals surface area contributed by atoms with Gasteiger partial charge in [-0.3, -0.25) is 4.99 Å². The predicted octanol–water partition coefficient (Wildman–Crippen LogP) is 1.94. The van der Waals surface area contributed by atoms with Crippen molar-refractivity contribution in [3.05, 3.63) is 0 Å². The average Bonchev–Trinajstić information content (AvgIpc) is 2.97. The fourth-order valence-corrected chi connectivity index (χ4v) is 4.01. The van der Waals surface area contributed by atoms with Crippen molar-refractivity contribution in [3.63, 3.8) is 0 Å². The third-order valence-corrected chi connectivity index (χ3v) is 5.96. The van der Waals surface area contributed by atoms with Crippen molar-refractivity contribution in [3.8, 4) is 0 Å². The third kappa shape index (κ3) is 2.34. The van der Waals surface area contributed by atoms with E-state index in [1.165, 1.54) is 37.3 Å². The summed E-state index contributed by atoms with van der Waals surface area (Å²) in [6, 6.07) is 0. The number of hydrogen-bond acceptors (Lipinski definition) is 4. The molecule has 2 saturated carbocycles. The van der Waals surface area contributed by atoms with E-state index >= 15 is 0 Å². The largest absolute Gasteiger partial charge is 0.363 e. The number of rotatable bonds is 4. The molecule has 1 atom stereocenters. The van der Waals surface area contributed by atoms with Crippen LogP contribution in [0.3, 0.4) is 0 Å². The molecule has 1 unspecified atom stereocenters. The Bertz CT molecular complexity index is 319. The molecule has 1 heterocycles. The molecular weight excluding hydrogens is 230 g/mol. The molecule has 0 aromatic rings. The van der Waals surface area contributed by atoms with Gasteiger partial charge in [0.05, 0.1) is 6.54 Å². The van der Waals surface area contributed by atoms with Crippen molar-refractivity contribution in [2.75, 3.05) is 27.2 Å². The van der Waals surface area contributed by atoms with Crippen LogP contribution in [0, 0.1) is 5.92 Å². The first-order valence-electron chi connectivity index (χ1n) is 6.82. The number of nitrogens with one attached hydrogen (secondary N) is 1. The number of aliphatic imine (C=N–C) groups is 1. The fourth-order valence-electron chi connectivity index (χ4n) is 2.81. The molecule has 96 valence electrons. The van der Waals surface area contributed by atoms with Gasteiger partial charge in [0.2, 0.25) is 0 Å². The lowest BCUT2D eigenvalue weighted by atomic mass is 9.76. The SMILES string of the molecule is CN(C)C1(CNC2=NCC(C3CC3)S2)CCC1. The fraction of sp³-hybridized carbons (Fsp3) is 0.923. The molecule has 0 spiro atoms. The second kappa shape index (κ2) is 4.47. The maximum absolute atomic E-state index is 4.65. The van der Waals surface area contributed by atoms with Gasteiger partial charge in [0, 0.05) is 17.3 Å². The van der Waals surface area contributed by atoms with Crippen LogP contribution in [0.25, 0.3) is 0 Å². The summed E-state index contributed by atoms with van der Waals surface area (Å²) < 4.78 is 0. The zero-order chi connectivity index (χ0) is 11.9. The van der Waals surface area contributed by atoms with Crippen LogP contribution in [0.4, 0.5) is 0 Å². The van der Waals surface area contributed by atoms with Crippen LogP contribution < -0.4 is 5.32 Å². The van der Waals surface area contributed by atoms with E-state index in [2.05, 4.69) is 29.3 Å². The minimum absolute atomic E-state index is 0.404. The summed E-state index contributed by atoms with van der Waals surface area (Å²) in [5, 5.41) is 5.58. The van der Waals surface area contributed by atoms with Crippen molar-refractivity contribution >= 4 is 16.9 Å². The van der Waals surface area contributed by atoms with E-state index in [-0.39, 0.29) is 0 Å². The van der Waals surface area contributed by atoms with Gasteiger partial charge in [0.1, 0.15) is 0 Å². The normalized spacial score (nSPS) is 31.2. The van der Waals surface area contributed by atoms with Crippen LogP contribution in [0.5, 0.6) is 0 Å². The summed E-state index contributed by atoms with van der Waals surface area (Å²) in [7, 11) is 4.41. The Hall–Kier alpha value is -0.220. The number of likely N-dealkylation sites (N-methyl/N-ethyl adjacent to an activating group) is 1. The molecule has 1 N–H and O–H groups in total. The second-order valence-electron chi connectivity index (χ2n) is 5.97. The summed E-state index contributed by atoms with van der Waals surface area (Å²) in [5.74, 6) is 0.967. The summed E-state index contributed by atoms with van der Waals surface area (Å²) >= 11 is 1.99. The highest BCUT2D eigenvalue weighted by Gasteiger charge is 2.40. The first-order chi connectivity index (χ1) is 8.20. The van der Waals surface area contributed by atoms with Crippen LogP contribution in [0.15, 0.2) is 4.99 Å². The van der Waals surface area contributed by atoms with E-state index in [9.17, 15) is 0 Å². The van der Waals surface area contributed by atoms with E-state index in [1.807, 2.05) is 11.8 Å². The molecule has 0 amide bonds. The van der Waals surface area contributed by atoms with E-state index in [0.29, 0.717) is 5.54 Å². The van der Waals surface area contributed by atoms with Crippen molar-refractivity contribution in [1.29, 1.82) is 0 Å². The molecule has 1 aliphatic heterocycles. The highest BCUT2D eigenvalue weighted by atomic mass is 32.2. The van der Waals surface area contributed by atoms with E-state index in [4.69, 9.17) is 0 Å².